The van der Waals surface area contributed by atoms with Crippen LogP contribution in [-0.2, 0) is 0 Å². The molecule has 3 heteroatoms. The highest BCUT2D eigenvalue weighted by Crippen LogP contribution is 2.09. The third-order valence-corrected chi connectivity index (χ3v) is 1.60. The van der Waals surface area contributed by atoms with Crippen LogP contribution in [0.4, 0.5) is 0 Å². The summed E-state index contributed by atoms with van der Waals surface area (Å²) < 4.78 is 0. The summed E-state index contributed by atoms with van der Waals surface area (Å²) in [5.74, 6) is 0.507. The van der Waals surface area contributed by atoms with Crippen LogP contribution in [0, 0.1) is 0 Å². The molecule has 0 saturated heterocycles. The average molecular weight is 169 g/mol. The Bertz CT molecular complexity index is 281. The number of nitrogens with two attached hydrogens (primary N) is 1. The number of rotatable bonds is 1. The lowest BCUT2D eigenvalue weighted by Gasteiger charge is -1.98. The first kappa shape index (κ1) is 8.08. The van der Waals surface area contributed by atoms with Crippen LogP contribution in [0.1, 0.15) is 5.56 Å². The lowest BCUT2D eigenvalue weighted by Crippen LogP contribution is -2.12. The van der Waals surface area contributed by atoms with Gasteiger partial charge in [-0.15, -0.1) is 0 Å². The zero-order valence-corrected chi connectivity index (χ0v) is 6.97. The van der Waals surface area contributed by atoms with Crippen molar-refractivity contribution in [1.29, 1.82) is 0 Å². The third-order valence-electron chi connectivity index (χ3n) is 1.36. The maximum Gasteiger partial charge on any atom is 0.125 e. The van der Waals surface area contributed by atoms with Crippen molar-refractivity contribution in [3.8, 4) is 0 Å². The molecule has 0 amide bonds. The molecule has 2 N–H and O–H groups in total. The van der Waals surface area contributed by atoms with Gasteiger partial charge in [-0.3, -0.25) is 4.99 Å². The van der Waals surface area contributed by atoms with Crippen molar-refractivity contribution in [2.24, 2.45) is 10.7 Å². The maximum absolute atomic E-state index is 5.74. The molecule has 0 saturated carbocycles. The van der Waals surface area contributed by atoms with E-state index < -0.39 is 0 Å². The monoisotopic (exact) mass is 168 g/mol. The van der Waals surface area contributed by atoms with Crippen molar-refractivity contribution in [2.75, 3.05) is 7.05 Å². The molecule has 58 valence electrons. The van der Waals surface area contributed by atoms with Crippen molar-refractivity contribution in [3.05, 3.63) is 34.9 Å². The van der Waals surface area contributed by atoms with Crippen molar-refractivity contribution in [3.63, 3.8) is 0 Å². The van der Waals surface area contributed by atoms with Gasteiger partial charge in [-0.1, -0.05) is 23.7 Å². The van der Waals surface area contributed by atoms with E-state index in [1.54, 1.807) is 19.2 Å². The van der Waals surface area contributed by atoms with E-state index in [0.717, 1.165) is 5.56 Å². The Balaban J connectivity index is 3.06. The molecule has 0 radical (unpaired) electrons. The Kier molecular flexibility index (Phi) is 2.49. The Morgan fingerprint density at radius 1 is 1.55 bits per heavy atom. The van der Waals surface area contributed by atoms with Crippen molar-refractivity contribution in [2.45, 2.75) is 0 Å². The van der Waals surface area contributed by atoms with Crippen LogP contribution in [-0.4, -0.2) is 12.9 Å². The molecule has 1 aromatic rings. The van der Waals surface area contributed by atoms with Gasteiger partial charge in [0.1, 0.15) is 5.84 Å². The molecule has 0 aliphatic rings. The highest BCUT2D eigenvalue weighted by molar-refractivity contribution is 6.31. The molecule has 0 aliphatic heterocycles. The lowest BCUT2D eigenvalue weighted by molar-refractivity contribution is 1.39. The van der Waals surface area contributed by atoms with Crippen LogP contribution in [0.5, 0.6) is 0 Å². The molecule has 0 spiro atoms. The number of hydrogen-bond donors (Lipinski definition) is 1. The molecule has 1 rings (SSSR count). The standard InChI is InChI=1S/C8H9ClN2/c1-11-8(10)6-3-2-4-7(9)5-6/h2-5H,1H3,(H2,10,11). The minimum Gasteiger partial charge on any atom is -0.384 e. The zero-order chi connectivity index (χ0) is 8.27. The summed E-state index contributed by atoms with van der Waals surface area (Å²) in [4.78, 5) is 3.84. The molecule has 0 aromatic heterocycles. The summed E-state index contributed by atoms with van der Waals surface area (Å²) in [6.45, 7) is 0. The van der Waals surface area contributed by atoms with Gasteiger partial charge in [-0.25, -0.2) is 0 Å². The number of nitrogens with zero attached hydrogens (tertiary/aromatic N) is 1. The van der Waals surface area contributed by atoms with Gasteiger partial charge in [0, 0.05) is 17.6 Å². The Morgan fingerprint density at radius 3 is 2.82 bits per heavy atom. The van der Waals surface area contributed by atoms with Gasteiger partial charge < -0.3 is 5.73 Å². The van der Waals surface area contributed by atoms with Crippen molar-refractivity contribution < 1.29 is 0 Å². The lowest BCUT2D eigenvalue weighted by atomic mass is 10.2. The number of aliphatic imine (C=N–C) groups is 1. The minimum absolute atomic E-state index is 0.507. The molecule has 0 heterocycles. The van der Waals surface area contributed by atoms with E-state index in [1.165, 1.54) is 0 Å². The highest BCUT2D eigenvalue weighted by atomic mass is 35.5. The maximum atomic E-state index is 5.74. The van der Waals surface area contributed by atoms with E-state index >= 15 is 0 Å². The summed E-state index contributed by atoms with van der Waals surface area (Å²) in [5, 5.41) is 0.675. The van der Waals surface area contributed by atoms with Crippen LogP contribution in [0.2, 0.25) is 5.02 Å². The fourth-order valence-corrected chi connectivity index (χ4v) is 0.967. The van der Waals surface area contributed by atoms with Gasteiger partial charge in [0.15, 0.2) is 0 Å². The quantitative estimate of drug-likeness (QED) is 0.503. The van der Waals surface area contributed by atoms with Crippen LogP contribution < -0.4 is 5.73 Å². The highest BCUT2D eigenvalue weighted by Gasteiger charge is 1.95. The molecule has 0 bridgehead atoms. The van der Waals surface area contributed by atoms with Crippen LogP contribution in [0.25, 0.3) is 0 Å². The van der Waals surface area contributed by atoms with Gasteiger partial charge in [0.05, 0.1) is 0 Å². The fourth-order valence-electron chi connectivity index (χ4n) is 0.777. The second-order valence-electron chi connectivity index (χ2n) is 2.12. The van der Waals surface area contributed by atoms with Gasteiger partial charge >= 0.3 is 0 Å². The zero-order valence-electron chi connectivity index (χ0n) is 6.21. The van der Waals surface area contributed by atoms with E-state index in [9.17, 15) is 0 Å². The first-order valence-electron chi connectivity index (χ1n) is 3.22. The fraction of sp³-hybridized carbons (Fsp3) is 0.125. The van der Waals surface area contributed by atoms with Crippen LogP contribution in [0.15, 0.2) is 29.3 Å². The molecular formula is C8H9ClN2. The van der Waals surface area contributed by atoms with Gasteiger partial charge in [-0.2, -0.15) is 0 Å². The topological polar surface area (TPSA) is 38.4 Å². The molecule has 0 aliphatic carbocycles. The summed E-state index contributed by atoms with van der Waals surface area (Å²) in [6.07, 6.45) is 0. The average Bonchev–Trinajstić information content (AvgIpc) is 2.03. The molecular weight excluding hydrogens is 160 g/mol. The summed E-state index contributed by atoms with van der Waals surface area (Å²) >= 11 is 5.74. The van der Waals surface area contributed by atoms with Gasteiger partial charge in [0.25, 0.3) is 0 Å². The summed E-state index contributed by atoms with van der Waals surface area (Å²) in [6, 6.07) is 7.29. The largest absolute Gasteiger partial charge is 0.384 e. The predicted molar refractivity (Wildman–Crippen MR) is 48.1 cm³/mol. The number of amidine groups is 1. The Hall–Kier alpha value is -1.02. The van der Waals surface area contributed by atoms with E-state index in [1.807, 2.05) is 12.1 Å². The van der Waals surface area contributed by atoms with E-state index in [4.69, 9.17) is 17.3 Å². The second kappa shape index (κ2) is 3.39. The van der Waals surface area contributed by atoms with E-state index in [2.05, 4.69) is 4.99 Å². The first-order chi connectivity index (χ1) is 5.24. The summed E-state index contributed by atoms with van der Waals surface area (Å²) in [5.41, 5.74) is 6.42. The molecule has 1 aromatic carbocycles. The van der Waals surface area contributed by atoms with Crippen LogP contribution in [0.3, 0.4) is 0 Å². The SMILES string of the molecule is CN=C(N)c1cccc(Cl)c1. The Labute approximate surface area is 70.7 Å². The molecule has 2 nitrogen and oxygen atoms in total. The Morgan fingerprint density at radius 2 is 2.27 bits per heavy atom. The normalized spacial score (nSPS) is 11.6. The second-order valence-corrected chi connectivity index (χ2v) is 2.56. The van der Waals surface area contributed by atoms with Crippen molar-refractivity contribution >= 4 is 17.4 Å². The number of hydrogen-bond acceptors (Lipinski definition) is 1. The molecule has 0 unspecified atom stereocenters. The van der Waals surface area contributed by atoms with Crippen molar-refractivity contribution in [1.82, 2.24) is 0 Å². The van der Waals surface area contributed by atoms with E-state index in [-0.39, 0.29) is 0 Å². The van der Waals surface area contributed by atoms with E-state index in [0.29, 0.717) is 10.9 Å². The number of benzene rings is 1. The smallest absolute Gasteiger partial charge is 0.125 e. The molecule has 0 atom stereocenters. The molecule has 0 fully saturated rings. The van der Waals surface area contributed by atoms with Gasteiger partial charge in [0.2, 0.25) is 0 Å². The predicted octanol–water partition coefficient (Wildman–Crippen LogP) is 1.68. The van der Waals surface area contributed by atoms with Gasteiger partial charge in [-0.05, 0) is 12.1 Å². The first-order valence-corrected chi connectivity index (χ1v) is 3.60. The third kappa shape index (κ3) is 1.95. The summed E-state index contributed by atoms with van der Waals surface area (Å²) in [7, 11) is 1.65. The van der Waals surface area contributed by atoms with Crippen LogP contribution >= 0.6 is 11.6 Å². The minimum atomic E-state index is 0.507. The number of halogens is 1. The molecule has 11 heavy (non-hydrogen) atoms.